The molecule has 0 spiro atoms. The number of carboxylic acids is 1. The van der Waals surface area contributed by atoms with E-state index < -0.39 is 5.97 Å². The first kappa shape index (κ1) is 13.6. The number of hydrogen-bond acceptors (Lipinski definition) is 3. The van der Waals surface area contributed by atoms with Crippen molar-refractivity contribution in [3.63, 3.8) is 0 Å². The molecule has 1 atom stereocenters. The highest BCUT2D eigenvalue weighted by atomic mass is 16.5. The lowest BCUT2D eigenvalue weighted by Gasteiger charge is -2.09. The molecule has 2 rings (SSSR count). The van der Waals surface area contributed by atoms with Crippen LogP contribution in [0.3, 0.4) is 0 Å². The topological polar surface area (TPSA) is 91.4 Å². The lowest BCUT2D eigenvalue weighted by atomic mass is 10.1. The molecule has 1 aliphatic heterocycles. The number of hydrogen-bond donors (Lipinski definition) is 3. The van der Waals surface area contributed by atoms with Crippen LogP contribution in [0.4, 0.5) is 0 Å². The molecule has 1 amide bonds. The number of aromatic carboxylic acids is 1. The van der Waals surface area contributed by atoms with Crippen molar-refractivity contribution in [2.45, 2.75) is 20.3 Å². The SMILES string of the molecule is Cc1[nH]c(C(=O)O)c(C)c1C(=O)NCC1CCOC1. The molecule has 3 N–H and O–H groups in total. The molecule has 1 unspecified atom stereocenters. The van der Waals surface area contributed by atoms with E-state index in [4.69, 9.17) is 9.84 Å². The van der Waals surface area contributed by atoms with E-state index in [2.05, 4.69) is 10.3 Å². The highest BCUT2D eigenvalue weighted by Crippen LogP contribution is 2.18. The van der Waals surface area contributed by atoms with Crippen LogP contribution in [0.5, 0.6) is 0 Å². The standard InChI is InChI=1S/C13H18N2O4/c1-7-10(8(2)15-11(7)13(17)18)12(16)14-5-9-3-4-19-6-9/h9,15H,3-6H2,1-2H3,(H,14,16)(H,17,18). The quantitative estimate of drug-likeness (QED) is 0.761. The van der Waals surface area contributed by atoms with Crippen molar-refractivity contribution in [3.8, 4) is 0 Å². The second-order valence-electron chi connectivity index (χ2n) is 4.87. The molecule has 19 heavy (non-hydrogen) atoms. The van der Waals surface area contributed by atoms with E-state index >= 15 is 0 Å². The monoisotopic (exact) mass is 266 g/mol. The number of aryl methyl sites for hydroxylation is 1. The Kier molecular flexibility index (Phi) is 3.90. The zero-order valence-corrected chi connectivity index (χ0v) is 11.1. The van der Waals surface area contributed by atoms with Gasteiger partial charge in [0.1, 0.15) is 5.69 Å². The number of carbonyl (C=O) groups is 2. The summed E-state index contributed by atoms with van der Waals surface area (Å²) in [6.45, 7) is 5.32. The van der Waals surface area contributed by atoms with Gasteiger partial charge in [-0.2, -0.15) is 0 Å². The maximum absolute atomic E-state index is 12.1. The van der Waals surface area contributed by atoms with Gasteiger partial charge in [0, 0.05) is 24.8 Å². The first-order valence-electron chi connectivity index (χ1n) is 6.29. The number of amides is 1. The molecule has 1 saturated heterocycles. The predicted molar refractivity (Wildman–Crippen MR) is 68.5 cm³/mol. The van der Waals surface area contributed by atoms with Crippen molar-refractivity contribution in [3.05, 3.63) is 22.5 Å². The molecule has 6 nitrogen and oxygen atoms in total. The zero-order valence-electron chi connectivity index (χ0n) is 11.1. The molecule has 1 aliphatic rings. The maximum atomic E-state index is 12.1. The lowest BCUT2D eigenvalue weighted by molar-refractivity contribution is 0.0690. The highest BCUT2D eigenvalue weighted by molar-refractivity contribution is 6.00. The van der Waals surface area contributed by atoms with Gasteiger partial charge in [-0.1, -0.05) is 0 Å². The van der Waals surface area contributed by atoms with E-state index in [1.54, 1.807) is 13.8 Å². The van der Waals surface area contributed by atoms with E-state index in [-0.39, 0.29) is 11.6 Å². The number of aromatic amines is 1. The fourth-order valence-corrected chi connectivity index (χ4v) is 2.37. The molecule has 2 heterocycles. The summed E-state index contributed by atoms with van der Waals surface area (Å²) in [7, 11) is 0. The van der Waals surface area contributed by atoms with Crippen LogP contribution in [0.15, 0.2) is 0 Å². The second kappa shape index (κ2) is 5.44. The maximum Gasteiger partial charge on any atom is 0.352 e. The average molecular weight is 266 g/mol. The van der Waals surface area contributed by atoms with Crippen molar-refractivity contribution in [2.24, 2.45) is 5.92 Å². The summed E-state index contributed by atoms with van der Waals surface area (Å²) >= 11 is 0. The fourth-order valence-electron chi connectivity index (χ4n) is 2.37. The molecule has 6 heteroatoms. The Morgan fingerprint density at radius 1 is 1.47 bits per heavy atom. The third-order valence-electron chi connectivity index (χ3n) is 3.45. The van der Waals surface area contributed by atoms with Gasteiger partial charge < -0.3 is 20.1 Å². The number of rotatable bonds is 4. The molecule has 0 aliphatic carbocycles. The van der Waals surface area contributed by atoms with E-state index in [1.165, 1.54) is 0 Å². The Labute approximate surface area is 111 Å². The van der Waals surface area contributed by atoms with Gasteiger partial charge in [0.05, 0.1) is 12.2 Å². The van der Waals surface area contributed by atoms with Crippen molar-refractivity contribution in [1.29, 1.82) is 0 Å². The fraction of sp³-hybridized carbons (Fsp3) is 0.538. The summed E-state index contributed by atoms with van der Waals surface area (Å²) in [5, 5.41) is 11.9. The van der Waals surface area contributed by atoms with Gasteiger partial charge in [0.15, 0.2) is 0 Å². The summed E-state index contributed by atoms with van der Waals surface area (Å²) in [6, 6.07) is 0. The van der Waals surface area contributed by atoms with Crippen LogP contribution >= 0.6 is 0 Å². The molecule has 0 saturated carbocycles. The van der Waals surface area contributed by atoms with Crippen LogP contribution in [0.25, 0.3) is 0 Å². The molecular weight excluding hydrogens is 248 g/mol. The summed E-state index contributed by atoms with van der Waals surface area (Å²) < 4.78 is 5.24. The van der Waals surface area contributed by atoms with E-state index in [0.29, 0.717) is 35.9 Å². The third kappa shape index (κ3) is 2.78. The average Bonchev–Trinajstić information content (AvgIpc) is 2.94. The number of H-pyrrole nitrogens is 1. The number of nitrogens with one attached hydrogen (secondary N) is 2. The summed E-state index contributed by atoms with van der Waals surface area (Å²) in [4.78, 5) is 25.8. The normalized spacial score (nSPS) is 18.5. The van der Waals surface area contributed by atoms with Gasteiger partial charge in [-0.25, -0.2) is 4.79 Å². The molecule has 0 aromatic carbocycles. The summed E-state index contributed by atoms with van der Waals surface area (Å²) in [5.74, 6) is -0.933. The Morgan fingerprint density at radius 3 is 2.74 bits per heavy atom. The van der Waals surface area contributed by atoms with Crippen LogP contribution in [0, 0.1) is 19.8 Å². The predicted octanol–water partition coefficient (Wildman–Crippen LogP) is 1.10. The summed E-state index contributed by atoms with van der Waals surface area (Å²) in [6.07, 6.45) is 0.950. The van der Waals surface area contributed by atoms with E-state index in [1.807, 2.05) is 0 Å². The van der Waals surface area contributed by atoms with Crippen LogP contribution in [0.1, 0.15) is 38.5 Å². The van der Waals surface area contributed by atoms with Gasteiger partial charge in [-0.15, -0.1) is 0 Å². The largest absolute Gasteiger partial charge is 0.477 e. The van der Waals surface area contributed by atoms with E-state index in [0.717, 1.165) is 13.0 Å². The van der Waals surface area contributed by atoms with Crippen molar-refractivity contribution in [1.82, 2.24) is 10.3 Å². The van der Waals surface area contributed by atoms with Crippen molar-refractivity contribution in [2.75, 3.05) is 19.8 Å². The Balaban J connectivity index is 2.08. The number of ether oxygens (including phenoxy) is 1. The van der Waals surface area contributed by atoms with Crippen molar-refractivity contribution >= 4 is 11.9 Å². The zero-order chi connectivity index (χ0) is 14.0. The highest BCUT2D eigenvalue weighted by Gasteiger charge is 2.23. The van der Waals surface area contributed by atoms with Crippen molar-refractivity contribution < 1.29 is 19.4 Å². The smallest absolute Gasteiger partial charge is 0.352 e. The van der Waals surface area contributed by atoms with Gasteiger partial charge in [-0.3, -0.25) is 4.79 Å². The van der Waals surface area contributed by atoms with Gasteiger partial charge in [0.2, 0.25) is 0 Å². The van der Waals surface area contributed by atoms with Crippen LogP contribution in [-0.2, 0) is 4.74 Å². The number of aromatic nitrogens is 1. The molecular formula is C13H18N2O4. The molecule has 1 fully saturated rings. The first-order chi connectivity index (χ1) is 9.00. The molecule has 1 aromatic heterocycles. The Bertz CT molecular complexity index is 501. The molecule has 1 aromatic rings. The van der Waals surface area contributed by atoms with Gasteiger partial charge in [-0.05, 0) is 25.8 Å². The van der Waals surface area contributed by atoms with Crippen LogP contribution in [0.2, 0.25) is 0 Å². The minimum Gasteiger partial charge on any atom is -0.477 e. The minimum atomic E-state index is -1.05. The first-order valence-corrected chi connectivity index (χ1v) is 6.29. The summed E-state index contributed by atoms with van der Waals surface area (Å²) in [5.41, 5.74) is 1.56. The van der Waals surface area contributed by atoms with E-state index in [9.17, 15) is 9.59 Å². The number of carbonyl (C=O) groups excluding carboxylic acids is 1. The van der Waals surface area contributed by atoms with Crippen LogP contribution < -0.4 is 5.32 Å². The van der Waals surface area contributed by atoms with Gasteiger partial charge in [0.25, 0.3) is 5.91 Å². The molecule has 104 valence electrons. The van der Waals surface area contributed by atoms with Crippen LogP contribution in [-0.4, -0.2) is 41.7 Å². The van der Waals surface area contributed by atoms with Gasteiger partial charge >= 0.3 is 5.97 Å². The molecule has 0 radical (unpaired) electrons. The molecule has 0 bridgehead atoms. The lowest BCUT2D eigenvalue weighted by Crippen LogP contribution is -2.30. The third-order valence-corrected chi connectivity index (χ3v) is 3.45. The Hall–Kier alpha value is -1.82. The number of carboxylic acid groups (broad SMARTS) is 1. The minimum absolute atomic E-state index is 0.0758. The second-order valence-corrected chi connectivity index (χ2v) is 4.87. The Morgan fingerprint density at radius 2 is 2.21 bits per heavy atom.